The molecule has 198 valence electrons. The number of piperazine rings is 1. The minimum atomic E-state index is -4.66. The van der Waals surface area contributed by atoms with Crippen LogP contribution in [0.3, 0.4) is 0 Å². The molecule has 0 aliphatic carbocycles. The van der Waals surface area contributed by atoms with E-state index in [0.717, 1.165) is 17.2 Å². The van der Waals surface area contributed by atoms with Gasteiger partial charge in [-0.05, 0) is 42.0 Å². The fraction of sp³-hybridized carbons (Fsp3) is 0.214. The van der Waals surface area contributed by atoms with Gasteiger partial charge in [-0.25, -0.2) is 0 Å². The molecule has 6 rings (SSSR count). The normalized spacial score (nSPS) is 14.4. The van der Waals surface area contributed by atoms with Crippen molar-refractivity contribution < 1.29 is 18.0 Å². The molecule has 5 aromatic rings. The molecule has 3 aromatic heterocycles. The third-order valence-electron chi connectivity index (χ3n) is 7.16. The second-order valence-corrected chi connectivity index (χ2v) is 9.48. The molecule has 1 aliphatic rings. The number of rotatable bonds is 3. The van der Waals surface area contributed by atoms with Crippen LogP contribution in [0.4, 0.5) is 18.9 Å². The van der Waals surface area contributed by atoms with Crippen molar-refractivity contribution in [2.45, 2.75) is 13.1 Å². The van der Waals surface area contributed by atoms with Gasteiger partial charge < -0.3 is 9.80 Å². The number of hydrogen-bond donors (Lipinski definition) is 1. The molecule has 0 unspecified atom stereocenters. The quantitative estimate of drug-likeness (QED) is 0.343. The van der Waals surface area contributed by atoms with Crippen molar-refractivity contribution in [2.75, 3.05) is 31.1 Å². The maximum atomic E-state index is 14.4. The van der Waals surface area contributed by atoms with Crippen LogP contribution in [0.15, 0.2) is 71.9 Å². The van der Waals surface area contributed by atoms with Crippen molar-refractivity contribution >= 4 is 33.4 Å². The highest BCUT2D eigenvalue weighted by atomic mass is 19.4. The first-order valence-corrected chi connectivity index (χ1v) is 12.4. The summed E-state index contributed by atoms with van der Waals surface area (Å²) in [6.07, 6.45) is 0.350. The Hall–Kier alpha value is -4.67. The number of fused-ring (bicyclic) bond motifs is 3. The van der Waals surface area contributed by atoms with Gasteiger partial charge >= 0.3 is 6.18 Å². The van der Waals surface area contributed by atoms with Crippen LogP contribution in [-0.4, -0.2) is 56.7 Å². The zero-order valence-electron chi connectivity index (χ0n) is 20.9. The Kier molecular flexibility index (Phi) is 5.86. The van der Waals surface area contributed by atoms with E-state index in [9.17, 15) is 22.8 Å². The van der Waals surface area contributed by atoms with Gasteiger partial charge in [-0.2, -0.15) is 18.3 Å². The van der Waals surface area contributed by atoms with Gasteiger partial charge in [0.15, 0.2) is 0 Å². The Morgan fingerprint density at radius 2 is 1.74 bits per heavy atom. The van der Waals surface area contributed by atoms with Gasteiger partial charge in [0, 0.05) is 73.6 Å². The number of benzene rings is 2. The molecule has 0 radical (unpaired) electrons. The van der Waals surface area contributed by atoms with Gasteiger partial charge in [-0.1, -0.05) is 6.07 Å². The van der Waals surface area contributed by atoms with Crippen molar-refractivity contribution in [2.24, 2.45) is 0 Å². The molecular formula is C28H23F3N6O2. The molecular weight excluding hydrogens is 509 g/mol. The number of H-pyrrole nitrogens is 1. The van der Waals surface area contributed by atoms with E-state index < -0.39 is 17.3 Å². The first-order chi connectivity index (χ1) is 18.7. The predicted octanol–water partition coefficient (Wildman–Crippen LogP) is 4.62. The standard InChI is InChI=1S/C28H23F3N6O2/c1-17(38)35-8-10-36(11-9-35)25-6-4-21(13-23(25)28(29,30)31)37-26(39)7-3-19-14-32-24-5-2-18(12-22(24)27(19)37)20-15-33-34-16-20/h2-7,12-16H,8-11H2,1H3,(H,33,34). The third-order valence-corrected chi connectivity index (χ3v) is 7.16. The van der Waals surface area contributed by atoms with Crippen LogP contribution in [-0.2, 0) is 11.0 Å². The number of hydrogen-bond acceptors (Lipinski definition) is 5. The van der Waals surface area contributed by atoms with Crippen LogP contribution < -0.4 is 10.5 Å². The predicted molar refractivity (Wildman–Crippen MR) is 142 cm³/mol. The van der Waals surface area contributed by atoms with E-state index in [1.165, 1.54) is 29.7 Å². The zero-order chi connectivity index (χ0) is 27.3. The van der Waals surface area contributed by atoms with Gasteiger partial charge in [0.1, 0.15) is 0 Å². The number of amides is 1. The van der Waals surface area contributed by atoms with E-state index in [-0.39, 0.29) is 30.4 Å². The lowest BCUT2D eigenvalue weighted by Crippen LogP contribution is -2.48. The maximum Gasteiger partial charge on any atom is 0.418 e. The summed E-state index contributed by atoms with van der Waals surface area (Å²) in [5.41, 5.74) is 1.55. The van der Waals surface area contributed by atoms with Crippen molar-refractivity contribution in [1.29, 1.82) is 0 Å². The largest absolute Gasteiger partial charge is 0.418 e. The molecule has 1 fully saturated rings. The number of alkyl halides is 3. The molecule has 4 heterocycles. The van der Waals surface area contributed by atoms with Crippen LogP contribution in [0.5, 0.6) is 0 Å². The number of pyridine rings is 2. The van der Waals surface area contributed by atoms with E-state index >= 15 is 0 Å². The van der Waals surface area contributed by atoms with Gasteiger partial charge in [0.05, 0.1) is 28.5 Å². The fourth-order valence-electron chi connectivity index (χ4n) is 5.18. The average molecular weight is 533 g/mol. The van der Waals surface area contributed by atoms with Gasteiger partial charge in [0.2, 0.25) is 5.91 Å². The highest BCUT2D eigenvalue weighted by Gasteiger charge is 2.36. The van der Waals surface area contributed by atoms with E-state index in [2.05, 4.69) is 15.2 Å². The number of aromatic amines is 1. The van der Waals surface area contributed by atoms with Crippen LogP contribution in [0, 0.1) is 0 Å². The lowest BCUT2D eigenvalue weighted by molar-refractivity contribution is -0.137. The number of nitrogens with one attached hydrogen (secondary N) is 1. The van der Waals surface area contributed by atoms with Gasteiger partial charge in [-0.15, -0.1) is 0 Å². The maximum absolute atomic E-state index is 14.4. The minimum absolute atomic E-state index is 0.0245. The lowest BCUT2D eigenvalue weighted by atomic mass is 10.0. The Bertz CT molecular complexity index is 1770. The van der Waals surface area contributed by atoms with Gasteiger partial charge in [-0.3, -0.25) is 24.2 Å². The Morgan fingerprint density at radius 1 is 0.949 bits per heavy atom. The molecule has 0 spiro atoms. The molecule has 1 saturated heterocycles. The number of halogens is 3. The molecule has 39 heavy (non-hydrogen) atoms. The van der Waals surface area contributed by atoms with Crippen LogP contribution >= 0.6 is 0 Å². The summed E-state index contributed by atoms with van der Waals surface area (Å²) in [5, 5.41) is 8.00. The second kappa shape index (κ2) is 9.26. The second-order valence-electron chi connectivity index (χ2n) is 9.48. The van der Waals surface area contributed by atoms with Gasteiger partial charge in [0.25, 0.3) is 5.56 Å². The van der Waals surface area contributed by atoms with Crippen molar-refractivity contribution in [3.63, 3.8) is 0 Å². The summed E-state index contributed by atoms with van der Waals surface area (Å²) in [7, 11) is 0. The van der Waals surface area contributed by atoms with E-state index in [0.29, 0.717) is 34.9 Å². The number of carbonyl (C=O) groups excluding carboxylic acids is 1. The molecule has 11 heteroatoms. The Balaban J connectivity index is 1.53. The Labute approximate surface area is 220 Å². The summed E-state index contributed by atoms with van der Waals surface area (Å²) in [6.45, 7) is 2.70. The smallest absolute Gasteiger partial charge is 0.367 e. The molecule has 1 N–H and O–H groups in total. The summed E-state index contributed by atoms with van der Waals surface area (Å²) in [6, 6.07) is 12.5. The molecule has 8 nitrogen and oxygen atoms in total. The topological polar surface area (TPSA) is 87.1 Å². The number of anilines is 1. The average Bonchev–Trinajstić information content (AvgIpc) is 3.47. The molecule has 1 amide bonds. The molecule has 2 aromatic carbocycles. The first kappa shape index (κ1) is 24.7. The molecule has 0 atom stereocenters. The SMILES string of the molecule is CC(=O)N1CCN(c2ccc(-n3c(=O)ccc4cnc5ccc(-c6cn[nH]c6)cc5c43)cc2C(F)(F)F)CC1. The van der Waals surface area contributed by atoms with Crippen molar-refractivity contribution in [3.05, 3.63) is 83.0 Å². The number of nitrogens with zero attached hydrogens (tertiary/aromatic N) is 5. The van der Waals surface area contributed by atoms with Crippen molar-refractivity contribution in [1.82, 2.24) is 24.6 Å². The highest BCUT2D eigenvalue weighted by molar-refractivity contribution is 6.05. The van der Waals surface area contributed by atoms with E-state index in [1.807, 2.05) is 18.2 Å². The number of carbonyl (C=O) groups is 1. The molecule has 0 saturated carbocycles. The van der Waals surface area contributed by atoms with Crippen LogP contribution in [0.2, 0.25) is 0 Å². The zero-order valence-corrected chi connectivity index (χ0v) is 20.9. The lowest BCUT2D eigenvalue weighted by Gasteiger charge is -2.36. The van der Waals surface area contributed by atoms with Crippen LogP contribution in [0.1, 0.15) is 12.5 Å². The number of aromatic nitrogens is 4. The first-order valence-electron chi connectivity index (χ1n) is 12.4. The van der Waals surface area contributed by atoms with Crippen LogP contribution in [0.25, 0.3) is 38.6 Å². The molecule has 0 bridgehead atoms. The van der Waals surface area contributed by atoms with E-state index in [1.54, 1.807) is 34.5 Å². The summed E-state index contributed by atoms with van der Waals surface area (Å²) >= 11 is 0. The van der Waals surface area contributed by atoms with Crippen molar-refractivity contribution in [3.8, 4) is 16.8 Å². The minimum Gasteiger partial charge on any atom is -0.367 e. The third kappa shape index (κ3) is 4.39. The summed E-state index contributed by atoms with van der Waals surface area (Å²) in [4.78, 5) is 32.7. The fourth-order valence-corrected chi connectivity index (χ4v) is 5.18. The monoisotopic (exact) mass is 532 g/mol. The highest BCUT2D eigenvalue weighted by Crippen LogP contribution is 2.39. The summed E-state index contributed by atoms with van der Waals surface area (Å²) < 4.78 is 44.5. The summed E-state index contributed by atoms with van der Waals surface area (Å²) in [5.74, 6) is -0.103. The molecule has 1 aliphatic heterocycles. The van der Waals surface area contributed by atoms with E-state index in [4.69, 9.17) is 0 Å². The Morgan fingerprint density at radius 3 is 2.44 bits per heavy atom.